The van der Waals surface area contributed by atoms with Crippen LogP contribution in [0.2, 0.25) is 0 Å². The Bertz CT molecular complexity index is 250. The van der Waals surface area contributed by atoms with E-state index in [0.29, 0.717) is 0 Å². The lowest BCUT2D eigenvalue weighted by Gasteiger charge is -2.28. The van der Waals surface area contributed by atoms with Gasteiger partial charge in [-0.05, 0) is 43.4 Å². The Morgan fingerprint density at radius 2 is 1.82 bits per heavy atom. The summed E-state index contributed by atoms with van der Waals surface area (Å²) in [5.41, 5.74) is 1.57. The highest BCUT2D eigenvalue weighted by atomic mass is 35.5. The number of allylic oxidation sites excluding steroid dienone is 2. The van der Waals surface area contributed by atoms with Gasteiger partial charge < -0.3 is 0 Å². The van der Waals surface area contributed by atoms with Crippen LogP contribution in [0.5, 0.6) is 0 Å². The van der Waals surface area contributed by atoms with E-state index >= 15 is 0 Å². The molecule has 2 rings (SSSR count). The fourth-order valence-corrected chi connectivity index (χ4v) is 4.01. The zero-order valence-electron chi connectivity index (χ0n) is 11.3. The summed E-state index contributed by atoms with van der Waals surface area (Å²) in [4.78, 5) is 0. The van der Waals surface area contributed by atoms with E-state index in [2.05, 4.69) is 13.0 Å². The van der Waals surface area contributed by atoms with E-state index in [4.69, 9.17) is 11.6 Å². The standard InChI is InChI=1S/C16H27Cl/c1-13-6-5-7-14(10-13)11-16(12-17)15-8-3-2-4-9-15/h11,13-15H,2-10,12H2,1H3/b16-11-. The van der Waals surface area contributed by atoms with E-state index in [1.165, 1.54) is 57.8 Å². The van der Waals surface area contributed by atoms with E-state index in [1.807, 2.05) is 0 Å². The van der Waals surface area contributed by atoms with E-state index in [0.717, 1.165) is 23.6 Å². The highest BCUT2D eigenvalue weighted by Crippen LogP contribution is 2.35. The molecule has 2 aliphatic carbocycles. The normalized spacial score (nSPS) is 32.7. The Kier molecular flexibility index (Phi) is 5.41. The van der Waals surface area contributed by atoms with Crippen LogP contribution in [0.3, 0.4) is 0 Å². The summed E-state index contributed by atoms with van der Waals surface area (Å²) in [5, 5.41) is 0. The first-order valence-corrected chi connectivity index (χ1v) is 8.09. The molecule has 0 N–H and O–H groups in total. The molecule has 0 aromatic carbocycles. The van der Waals surface area contributed by atoms with Crippen molar-refractivity contribution in [1.29, 1.82) is 0 Å². The maximum absolute atomic E-state index is 6.19. The predicted octanol–water partition coefficient (Wildman–Crippen LogP) is 5.56. The lowest BCUT2D eigenvalue weighted by atomic mass is 9.78. The molecule has 0 nitrogen and oxygen atoms in total. The topological polar surface area (TPSA) is 0 Å². The zero-order chi connectivity index (χ0) is 12.1. The zero-order valence-corrected chi connectivity index (χ0v) is 12.0. The highest BCUT2D eigenvalue weighted by molar-refractivity contribution is 6.19. The van der Waals surface area contributed by atoms with Crippen molar-refractivity contribution in [3.05, 3.63) is 11.6 Å². The third-order valence-corrected chi connectivity index (χ3v) is 5.02. The average Bonchev–Trinajstić information content (AvgIpc) is 2.37. The number of alkyl halides is 1. The lowest BCUT2D eigenvalue weighted by Crippen LogP contribution is -2.15. The Labute approximate surface area is 112 Å². The minimum atomic E-state index is 0.773. The molecule has 2 unspecified atom stereocenters. The van der Waals surface area contributed by atoms with Crippen LogP contribution < -0.4 is 0 Å². The Hall–Kier alpha value is 0.0300. The van der Waals surface area contributed by atoms with Gasteiger partial charge >= 0.3 is 0 Å². The number of halogens is 1. The molecule has 17 heavy (non-hydrogen) atoms. The maximum Gasteiger partial charge on any atom is 0.0436 e. The molecule has 0 bridgehead atoms. The molecule has 98 valence electrons. The summed E-state index contributed by atoms with van der Waals surface area (Å²) in [7, 11) is 0. The Morgan fingerprint density at radius 1 is 1.06 bits per heavy atom. The third kappa shape index (κ3) is 4.02. The van der Waals surface area contributed by atoms with Gasteiger partial charge in [0.25, 0.3) is 0 Å². The minimum absolute atomic E-state index is 0.773. The molecule has 0 amide bonds. The first kappa shape index (κ1) is 13.5. The quantitative estimate of drug-likeness (QED) is 0.457. The molecule has 2 atom stereocenters. The molecule has 0 aromatic rings. The first-order chi connectivity index (χ1) is 8.29. The highest BCUT2D eigenvalue weighted by Gasteiger charge is 2.21. The largest absolute Gasteiger partial charge is 0.122 e. The van der Waals surface area contributed by atoms with Crippen LogP contribution in [0.1, 0.15) is 64.7 Å². The predicted molar refractivity (Wildman–Crippen MR) is 76.5 cm³/mol. The average molecular weight is 255 g/mol. The van der Waals surface area contributed by atoms with Gasteiger partial charge in [0.05, 0.1) is 0 Å². The molecule has 0 heterocycles. The molecule has 0 saturated heterocycles. The molecule has 2 fully saturated rings. The molecule has 2 saturated carbocycles. The summed E-state index contributed by atoms with van der Waals surface area (Å²) in [5.74, 6) is 3.34. The molecule has 0 aliphatic heterocycles. The van der Waals surface area contributed by atoms with Crippen LogP contribution in [-0.2, 0) is 0 Å². The third-order valence-electron chi connectivity index (χ3n) is 4.71. The van der Waals surface area contributed by atoms with Crippen LogP contribution in [0.15, 0.2) is 11.6 Å². The van der Waals surface area contributed by atoms with Gasteiger partial charge in [-0.3, -0.25) is 0 Å². The van der Waals surface area contributed by atoms with Crippen molar-refractivity contribution in [3.63, 3.8) is 0 Å². The SMILES string of the molecule is CC1CCCC(/C=C(/CCl)C2CCCCC2)C1. The molecule has 0 radical (unpaired) electrons. The summed E-state index contributed by atoms with van der Waals surface area (Å²) in [6, 6.07) is 0. The molecule has 0 aromatic heterocycles. The van der Waals surface area contributed by atoms with Crippen LogP contribution in [0.25, 0.3) is 0 Å². The van der Waals surface area contributed by atoms with Crippen LogP contribution >= 0.6 is 11.6 Å². The second kappa shape index (κ2) is 6.83. The first-order valence-electron chi connectivity index (χ1n) is 7.56. The van der Waals surface area contributed by atoms with Gasteiger partial charge in [-0.15, -0.1) is 11.6 Å². The maximum atomic E-state index is 6.19. The Balaban J connectivity index is 1.95. The van der Waals surface area contributed by atoms with Gasteiger partial charge in [0, 0.05) is 5.88 Å². The fourth-order valence-electron chi connectivity index (χ4n) is 3.70. The number of hydrogen-bond acceptors (Lipinski definition) is 0. The molecule has 2 aliphatic rings. The van der Waals surface area contributed by atoms with Gasteiger partial charge in [-0.25, -0.2) is 0 Å². The lowest BCUT2D eigenvalue weighted by molar-refractivity contribution is 0.320. The van der Waals surface area contributed by atoms with Gasteiger partial charge in [0.2, 0.25) is 0 Å². The van der Waals surface area contributed by atoms with E-state index in [9.17, 15) is 0 Å². The van der Waals surface area contributed by atoms with E-state index in [1.54, 1.807) is 5.57 Å². The summed E-state index contributed by atoms with van der Waals surface area (Å²) < 4.78 is 0. The van der Waals surface area contributed by atoms with Crippen molar-refractivity contribution in [1.82, 2.24) is 0 Å². The van der Waals surface area contributed by atoms with Crippen LogP contribution in [0, 0.1) is 17.8 Å². The number of rotatable bonds is 3. The molecular formula is C16H27Cl. The molecule has 1 heteroatoms. The Morgan fingerprint density at radius 3 is 2.47 bits per heavy atom. The summed E-state index contributed by atoms with van der Waals surface area (Å²) >= 11 is 6.19. The monoisotopic (exact) mass is 254 g/mol. The molecular weight excluding hydrogens is 228 g/mol. The van der Waals surface area contributed by atoms with E-state index < -0.39 is 0 Å². The van der Waals surface area contributed by atoms with Gasteiger partial charge in [-0.1, -0.05) is 50.7 Å². The molecule has 0 spiro atoms. The smallest absolute Gasteiger partial charge is 0.0436 e. The van der Waals surface area contributed by atoms with Gasteiger partial charge in [0.15, 0.2) is 0 Å². The fraction of sp³-hybridized carbons (Fsp3) is 0.875. The van der Waals surface area contributed by atoms with Crippen LogP contribution in [0.4, 0.5) is 0 Å². The van der Waals surface area contributed by atoms with Crippen molar-refractivity contribution in [2.75, 3.05) is 5.88 Å². The summed E-state index contributed by atoms with van der Waals surface area (Å²) in [6.45, 7) is 2.40. The second-order valence-electron chi connectivity index (χ2n) is 6.24. The van der Waals surface area contributed by atoms with Crippen molar-refractivity contribution in [2.24, 2.45) is 17.8 Å². The summed E-state index contributed by atoms with van der Waals surface area (Å²) in [6.07, 6.45) is 15.3. The van der Waals surface area contributed by atoms with Crippen molar-refractivity contribution < 1.29 is 0 Å². The second-order valence-corrected chi connectivity index (χ2v) is 6.51. The van der Waals surface area contributed by atoms with Gasteiger partial charge in [0.1, 0.15) is 0 Å². The van der Waals surface area contributed by atoms with E-state index in [-0.39, 0.29) is 0 Å². The van der Waals surface area contributed by atoms with Crippen molar-refractivity contribution in [2.45, 2.75) is 64.7 Å². The number of hydrogen-bond donors (Lipinski definition) is 0. The van der Waals surface area contributed by atoms with Crippen molar-refractivity contribution in [3.8, 4) is 0 Å². The minimum Gasteiger partial charge on any atom is -0.122 e. The van der Waals surface area contributed by atoms with Crippen molar-refractivity contribution >= 4 is 11.6 Å². The van der Waals surface area contributed by atoms with Gasteiger partial charge in [-0.2, -0.15) is 0 Å². The van der Waals surface area contributed by atoms with Crippen LogP contribution in [-0.4, -0.2) is 5.88 Å².